The first-order valence-corrected chi connectivity index (χ1v) is 4.55. The molecule has 1 aromatic rings. The van der Waals surface area contributed by atoms with E-state index in [0.717, 1.165) is 18.2 Å². The van der Waals surface area contributed by atoms with Gasteiger partial charge >= 0.3 is 0 Å². The molecular weight excluding hydrogens is 215 g/mol. The molecule has 0 N–H and O–H groups in total. The van der Waals surface area contributed by atoms with E-state index < -0.39 is 10.7 Å². The minimum atomic E-state index is -0.627. The van der Waals surface area contributed by atoms with Gasteiger partial charge in [-0.2, -0.15) is 0 Å². The molecule has 0 radical (unpaired) electrons. The van der Waals surface area contributed by atoms with Crippen LogP contribution in [-0.2, 0) is 11.2 Å². The molecule has 1 aromatic carbocycles. The Labute approximate surface area is 91.6 Å². The summed E-state index contributed by atoms with van der Waals surface area (Å²) in [6.45, 7) is 0. The van der Waals surface area contributed by atoms with Crippen molar-refractivity contribution in [3.05, 3.63) is 39.7 Å². The molecule has 86 valence electrons. The Balaban J connectivity index is 3.06. The molecular formula is C10H11FN2O3. The molecule has 0 fully saturated rings. The van der Waals surface area contributed by atoms with Crippen molar-refractivity contribution in [2.24, 2.45) is 0 Å². The molecule has 5 nitrogen and oxygen atoms in total. The van der Waals surface area contributed by atoms with Gasteiger partial charge in [0.2, 0.25) is 5.91 Å². The van der Waals surface area contributed by atoms with E-state index in [2.05, 4.69) is 0 Å². The third kappa shape index (κ3) is 2.75. The van der Waals surface area contributed by atoms with Crippen LogP contribution in [-0.4, -0.2) is 29.8 Å². The second-order valence-electron chi connectivity index (χ2n) is 3.50. The van der Waals surface area contributed by atoms with Crippen LogP contribution in [0.2, 0.25) is 0 Å². The summed E-state index contributed by atoms with van der Waals surface area (Å²) in [5.41, 5.74) is -0.152. The zero-order valence-corrected chi connectivity index (χ0v) is 8.94. The fourth-order valence-corrected chi connectivity index (χ4v) is 1.19. The third-order valence-electron chi connectivity index (χ3n) is 2.08. The maximum Gasteiger partial charge on any atom is 0.273 e. The first-order chi connectivity index (χ1) is 7.41. The number of carbonyl (C=O) groups is 1. The van der Waals surface area contributed by atoms with Crippen LogP contribution in [0.5, 0.6) is 0 Å². The minimum absolute atomic E-state index is 0.0868. The Hall–Kier alpha value is -1.98. The molecule has 1 amide bonds. The molecule has 0 atom stereocenters. The zero-order valence-electron chi connectivity index (χ0n) is 8.94. The van der Waals surface area contributed by atoms with Crippen LogP contribution in [0.3, 0.4) is 0 Å². The summed E-state index contributed by atoms with van der Waals surface area (Å²) in [7, 11) is 3.07. The van der Waals surface area contributed by atoms with Crippen LogP contribution < -0.4 is 0 Å². The highest BCUT2D eigenvalue weighted by atomic mass is 19.1. The van der Waals surface area contributed by atoms with Crippen molar-refractivity contribution >= 4 is 11.6 Å². The molecule has 0 unspecified atom stereocenters. The third-order valence-corrected chi connectivity index (χ3v) is 2.08. The van der Waals surface area contributed by atoms with Gasteiger partial charge in [-0.25, -0.2) is 4.39 Å². The lowest BCUT2D eigenvalue weighted by atomic mass is 10.1. The van der Waals surface area contributed by atoms with Crippen molar-refractivity contribution in [1.29, 1.82) is 0 Å². The molecule has 0 aliphatic carbocycles. The molecule has 0 aromatic heterocycles. The van der Waals surface area contributed by atoms with Crippen molar-refractivity contribution in [3.63, 3.8) is 0 Å². The standard InChI is InChI=1S/C10H11FN2O3/c1-12(2)10(14)6-7-5-8(11)3-4-9(7)13(15)16/h3-5H,6H2,1-2H3. The second kappa shape index (κ2) is 4.69. The van der Waals surface area contributed by atoms with Gasteiger partial charge in [0.1, 0.15) is 5.82 Å². The topological polar surface area (TPSA) is 63.5 Å². The number of nitrogens with zero attached hydrogens (tertiary/aromatic N) is 2. The van der Waals surface area contributed by atoms with E-state index in [1.165, 1.54) is 19.0 Å². The molecule has 0 spiro atoms. The van der Waals surface area contributed by atoms with Gasteiger partial charge in [0.25, 0.3) is 5.69 Å². The van der Waals surface area contributed by atoms with Crippen LogP contribution in [0.4, 0.5) is 10.1 Å². The van der Waals surface area contributed by atoms with Gasteiger partial charge in [0.15, 0.2) is 0 Å². The fourth-order valence-electron chi connectivity index (χ4n) is 1.19. The summed E-state index contributed by atoms with van der Waals surface area (Å²) in [6, 6.07) is 3.08. The zero-order chi connectivity index (χ0) is 12.3. The van der Waals surface area contributed by atoms with Gasteiger partial charge in [-0.15, -0.1) is 0 Å². The van der Waals surface area contributed by atoms with E-state index in [1.807, 2.05) is 0 Å². The molecule has 0 saturated heterocycles. The number of hydrogen-bond donors (Lipinski definition) is 0. The van der Waals surface area contributed by atoms with Crippen LogP contribution >= 0.6 is 0 Å². The Morgan fingerprint density at radius 2 is 2.12 bits per heavy atom. The lowest BCUT2D eigenvalue weighted by Crippen LogP contribution is -2.23. The highest BCUT2D eigenvalue weighted by Gasteiger charge is 2.17. The number of amides is 1. The van der Waals surface area contributed by atoms with Gasteiger partial charge in [-0.1, -0.05) is 0 Å². The minimum Gasteiger partial charge on any atom is -0.349 e. The predicted octanol–water partition coefficient (Wildman–Crippen LogP) is 1.36. The van der Waals surface area contributed by atoms with Crippen molar-refractivity contribution < 1.29 is 14.1 Å². The lowest BCUT2D eigenvalue weighted by Gasteiger charge is -2.10. The van der Waals surface area contributed by atoms with Crippen molar-refractivity contribution in [1.82, 2.24) is 4.90 Å². The molecule has 6 heteroatoms. The van der Waals surface area contributed by atoms with Crippen LogP contribution in [0.25, 0.3) is 0 Å². The van der Waals surface area contributed by atoms with Crippen molar-refractivity contribution in [2.75, 3.05) is 14.1 Å². The van der Waals surface area contributed by atoms with Gasteiger partial charge < -0.3 is 4.90 Å². The van der Waals surface area contributed by atoms with E-state index in [4.69, 9.17) is 0 Å². The molecule has 0 aliphatic rings. The second-order valence-corrected chi connectivity index (χ2v) is 3.50. The van der Waals surface area contributed by atoms with Gasteiger partial charge in [0, 0.05) is 25.7 Å². The summed E-state index contributed by atoms with van der Waals surface area (Å²) in [4.78, 5) is 22.7. The lowest BCUT2D eigenvalue weighted by molar-refractivity contribution is -0.385. The van der Waals surface area contributed by atoms with Gasteiger partial charge in [-0.05, 0) is 12.1 Å². The largest absolute Gasteiger partial charge is 0.349 e. The number of carbonyl (C=O) groups excluding carboxylic acids is 1. The summed E-state index contributed by atoms with van der Waals surface area (Å²) in [5, 5.41) is 10.6. The predicted molar refractivity (Wildman–Crippen MR) is 55.5 cm³/mol. The van der Waals surface area contributed by atoms with Crippen LogP contribution in [0.1, 0.15) is 5.56 Å². The quantitative estimate of drug-likeness (QED) is 0.577. The average molecular weight is 226 g/mol. The number of hydrogen-bond acceptors (Lipinski definition) is 3. The maximum absolute atomic E-state index is 12.9. The summed E-state index contributed by atoms with van der Waals surface area (Å²) in [6.07, 6.45) is -0.179. The first-order valence-electron chi connectivity index (χ1n) is 4.55. The van der Waals surface area contributed by atoms with Crippen LogP contribution in [0.15, 0.2) is 18.2 Å². The number of nitro benzene ring substituents is 1. The number of rotatable bonds is 3. The number of likely N-dealkylation sites (N-methyl/N-ethyl adjacent to an activating group) is 1. The summed E-state index contributed by atoms with van der Waals surface area (Å²) in [5.74, 6) is -0.902. The average Bonchev–Trinajstić information content (AvgIpc) is 2.16. The highest BCUT2D eigenvalue weighted by molar-refractivity contribution is 5.79. The van der Waals surface area contributed by atoms with E-state index >= 15 is 0 Å². The Bertz CT molecular complexity index is 432. The Morgan fingerprint density at radius 3 is 2.62 bits per heavy atom. The van der Waals surface area contributed by atoms with Gasteiger partial charge in [0.05, 0.1) is 11.3 Å². The van der Waals surface area contributed by atoms with Crippen LogP contribution in [0, 0.1) is 15.9 Å². The molecule has 0 saturated carbocycles. The smallest absolute Gasteiger partial charge is 0.273 e. The molecule has 0 bridgehead atoms. The first kappa shape index (κ1) is 12.1. The highest BCUT2D eigenvalue weighted by Crippen LogP contribution is 2.20. The Morgan fingerprint density at radius 1 is 1.50 bits per heavy atom. The number of halogens is 1. The van der Waals surface area contributed by atoms with E-state index in [0.29, 0.717) is 0 Å². The van der Waals surface area contributed by atoms with E-state index in [-0.39, 0.29) is 23.6 Å². The molecule has 1 rings (SSSR count). The number of benzene rings is 1. The Kier molecular flexibility index (Phi) is 3.55. The van der Waals surface area contributed by atoms with Crippen molar-refractivity contribution in [3.8, 4) is 0 Å². The van der Waals surface area contributed by atoms with E-state index in [9.17, 15) is 19.3 Å². The normalized spacial score (nSPS) is 9.94. The summed E-state index contributed by atoms with van der Waals surface area (Å²) >= 11 is 0. The van der Waals surface area contributed by atoms with Gasteiger partial charge in [-0.3, -0.25) is 14.9 Å². The molecule has 0 aliphatic heterocycles. The van der Waals surface area contributed by atoms with Crippen molar-refractivity contribution in [2.45, 2.75) is 6.42 Å². The summed E-state index contributed by atoms with van der Waals surface area (Å²) < 4.78 is 12.9. The molecule has 0 heterocycles. The fraction of sp³-hybridized carbons (Fsp3) is 0.300. The maximum atomic E-state index is 12.9. The monoisotopic (exact) mass is 226 g/mol. The SMILES string of the molecule is CN(C)C(=O)Cc1cc(F)ccc1[N+](=O)[O-]. The molecule has 16 heavy (non-hydrogen) atoms. The number of nitro groups is 1. The van der Waals surface area contributed by atoms with E-state index in [1.54, 1.807) is 0 Å².